The van der Waals surface area contributed by atoms with Crippen LogP contribution < -0.4 is 9.64 Å². The van der Waals surface area contributed by atoms with Crippen molar-refractivity contribution in [3.63, 3.8) is 0 Å². The summed E-state index contributed by atoms with van der Waals surface area (Å²) >= 11 is 1.16. The lowest BCUT2D eigenvalue weighted by molar-refractivity contribution is -0.136. The number of hydrogen-bond acceptors (Lipinski definition) is 4. The average Bonchev–Trinajstić information content (AvgIpc) is 2.39. The third kappa shape index (κ3) is 2.43. The molecule has 1 aliphatic heterocycles. The van der Waals surface area contributed by atoms with Crippen LogP contribution in [0.2, 0.25) is 0 Å². The maximum atomic E-state index is 11.9. The fourth-order valence-corrected chi connectivity index (χ4v) is 2.70. The summed E-state index contributed by atoms with van der Waals surface area (Å²) in [5.41, 5.74) is 0.622. The van der Waals surface area contributed by atoms with Crippen molar-refractivity contribution in [1.29, 1.82) is 0 Å². The highest BCUT2D eigenvalue weighted by molar-refractivity contribution is 8.01. The highest BCUT2D eigenvalue weighted by atomic mass is 32.2. The normalized spacial score (nSPS) is 19.7. The molecule has 1 N–H and O–H groups in total. The van der Waals surface area contributed by atoms with Crippen molar-refractivity contribution in [2.45, 2.75) is 5.25 Å². The first-order valence-electron chi connectivity index (χ1n) is 5.41. The van der Waals surface area contributed by atoms with Gasteiger partial charge in [-0.3, -0.25) is 9.59 Å². The van der Waals surface area contributed by atoms with Gasteiger partial charge in [0.25, 0.3) is 0 Å². The Morgan fingerprint density at radius 2 is 2.22 bits per heavy atom. The zero-order chi connectivity index (χ0) is 13.1. The first-order valence-corrected chi connectivity index (χ1v) is 6.46. The van der Waals surface area contributed by atoms with Crippen LogP contribution in [0.5, 0.6) is 5.75 Å². The van der Waals surface area contributed by atoms with Gasteiger partial charge in [-0.2, -0.15) is 0 Å². The number of thioether (sulfide) groups is 1. The predicted molar refractivity (Wildman–Crippen MR) is 69.2 cm³/mol. The number of carboxylic acids is 1. The van der Waals surface area contributed by atoms with Gasteiger partial charge in [-0.15, -0.1) is 11.8 Å². The van der Waals surface area contributed by atoms with Crippen LogP contribution >= 0.6 is 11.8 Å². The van der Waals surface area contributed by atoms with Gasteiger partial charge in [0.15, 0.2) is 0 Å². The van der Waals surface area contributed by atoms with Crippen molar-refractivity contribution in [1.82, 2.24) is 0 Å². The quantitative estimate of drug-likeness (QED) is 0.892. The highest BCUT2D eigenvalue weighted by Crippen LogP contribution is 2.32. The minimum Gasteiger partial charge on any atom is -0.495 e. The molecule has 18 heavy (non-hydrogen) atoms. The molecule has 0 spiro atoms. The Labute approximate surface area is 109 Å². The topological polar surface area (TPSA) is 66.8 Å². The number of carboxylic acid groups (broad SMARTS) is 1. The van der Waals surface area contributed by atoms with Crippen LogP contribution in [0.25, 0.3) is 0 Å². The molecule has 1 unspecified atom stereocenters. The molecule has 1 aromatic rings. The van der Waals surface area contributed by atoms with E-state index in [0.29, 0.717) is 11.4 Å². The zero-order valence-corrected chi connectivity index (χ0v) is 10.6. The first-order chi connectivity index (χ1) is 8.63. The van der Waals surface area contributed by atoms with Crippen molar-refractivity contribution in [2.75, 3.05) is 24.3 Å². The molecule has 0 bridgehead atoms. The molecule has 1 amide bonds. The lowest BCUT2D eigenvalue weighted by Crippen LogP contribution is -2.45. The van der Waals surface area contributed by atoms with Crippen LogP contribution in [0.1, 0.15) is 0 Å². The standard InChI is InChI=1S/C12H13NO4S/c1-17-9-5-3-2-4-8(9)13-6-10(12(15)16)18-7-11(13)14/h2-5,10H,6-7H2,1H3,(H,15,16). The van der Waals surface area contributed by atoms with Gasteiger partial charge in [0.1, 0.15) is 11.0 Å². The number of methoxy groups -OCH3 is 1. The van der Waals surface area contributed by atoms with Crippen LogP contribution in [0, 0.1) is 0 Å². The molecule has 0 aliphatic carbocycles. The first kappa shape index (κ1) is 12.8. The molecule has 2 rings (SSSR count). The second kappa shape index (κ2) is 5.30. The van der Waals surface area contributed by atoms with Crippen molar-refractivity contribution >= 4 is 29.3 Å². The van der Waals surface area contributed by atoms with Gasteiger partial charge in [0.05, 0.1) is 18.6 Å². The molecule has 1 fully saturated rings. The Bertz CT molecular complexity index is 477. The number of carbonyl (C=O) groups excluding carboxylic acids is 1. The molecule has 6 heteroatoms. The van der Waals surface area contributed by atoms with E-state index >= 15 is 0 Å². The summed E-state index contributed by atoms with van der Waals surface area (Å²) in [7, 11) is 1.52. The SMILES string of the molecule is COc1ccccc1N1CC(C(=O)O)SCC1=O. The molecular weight excluding hydrogens is 254 g/mol. The monoisotopic (exact) mass is 267 g/mol. The summed E-state index contributed by atoms with van der Waals surface area (Å²) in [6, 6.07) is 7.11. The summed E-state index contributed by atoms with van der Waals surface area (Å²) in [5.74, 6) is -0.244. The maximum Gasteiger partial charge on any atom is 0.318 e. The van der Waals surface area contributed by atoms with Crippen LogP contribution in [0.3, 0.4) is 0 Å². The minimum absolute atomic E-state index is 0.0954. The third-order valence-corrected chi connectivity index (χ3v) is 3.88. The van der Waals surface area contributed by atoms with E-state index in [2.05, 4.69) is 0 Å². The largest absolute Gasteiger partial charge is 0.495 e. The number of ether oxygens (including phenoxy) is 1. The zero-order valence-electron chi connectivity index (χ0n) is 9.83. The Hall–Kier alpha value is -1.69. The second-order valence-electron chi connectivity index (χ2n) is 3.81. The van der Waals surface area contributed by atoms with E-state index in [1.54, 1.807) is 24.3 Å². The number of amides is 1. The summed E-state index contributed by atoms with van der Waals surface area (Å²) < 4.78 is 5.19. The van der Waals surface area contributed by atoms with Gasteiger partial charge in [0, 0.05) is 6.54 Å². The molecule has 0 radical (unpaired) electrons. The molecule has 96 valence electrons. The van der Waals surface area contributed by atoms with Gasteiger partial charge in [-0.1, -0.05) is 12.1 Å². The second-order valence-corrected chi connectivity index (χ2v) is 5.01. The average molecular weight is 267 g/mol. The Balaban J connectivity index is 2.29. The Morgan fingerprint density at radius 1 is 1.50 bits per heavy atom. The van der Waals surface area contributed by atoms with E-state index < -0.39 is 11.2 Å². The van der Waals surface area contributed by atoms with Gasteiger partial charge in [0.2, 0.25) is 5.91 Å². The Morgan fingerprint density at radius 3 is 2.89 bits per heavy atom. The number of hydrogen-bond donors (Lipinski definition) is 1. The molecule has 1 aromatic carbocycles. The van der Waals surface area contributed by atoms with E-state index in [1.807, 2.05) is 0 Å². The number of nitrogens with zero attached hydrogens (tertiary/aromatic N) is 1. The summed E-state index contributed by atoms with van der Waals surface area (Å²) in [4.78, 5) is 24.4. The highest BCUT2D eigenvalue weighted by Gasteiger charge is 2.32. The van der Waals surface area contributed by atoms with E-state index in [1.165, 1.54) is 12.0 Å². The van der Waals surface area contributed by atoms with Crippen LogP contribution in [-0.2, 0) is 9.59 Å². The smallest absolute Gasteiger partial charge is 0.318 e. The van der Waals surface area contributed by atoms with E-state index in [4.69, 9.17) is 9.84 Å². The number of anilines is 1. The molecule has 1 aliphatic rings. The summed E-state index contributed by atoms with van der Waals surface area (Å²) in [6.45, 7) is 0.166. The lowest BCUT2D eigenvalue weighted by Gasteiger charge is -2.31. The van der Waals surface area contributed by atoms with Gasteiger partial charge in [-0.05, 0) is 12.1 Å². The maximum absolute atomic E-state index is 11.9. The van der Waals surface area contributed by atoms with Crippen LogP contribution in [-0.4, -0.2) is 41.6 Å². The lowest BCUT2D eigenvalue weighted by atomic mass is 10.2. The summed E-state index contributed by atoms with van der Waals surface area (Å²) in [6.07, 6.45) is 0. The predicted octanol–water partition coefficient (Wildman–Crippen LogP) is 1.23. The van der Waals surface area contributed by atoms with Crippen LogP contribution in [0.4, 0.5) is 5.69 Å². The fourth-order valence-electron chi connectivity index (χ4n) is 1.80. The number of rotatable bonds is 3. The van der Waals surface area contributed by atoms with Crippen molar-refractivity contribution < 1.29 is 19.4 Å². The molecule has 1 heterocycles. The van der Waals surface area contributed by atoms with E-state index in [9.17, 15) is 9.59 Å². The molecular formula is C12H13NO4S. The molecule has 5 nitrogen and oxygen atoms in total. The Kier molecular flexibility index (Phi) is 3.76. The van der Waals surface area contributed by atoms with Gasteiger partial charge in [-0.25, -0.2) is 0 Å². The number of aliphatic carboxylic acids is 1. The van der Waals surface area contributed by atoms with Crippen molar-refractivity contribution in [3.05, 3.63) is 24.3 Å². The number of para-hydroxylation sites is 2. The van der Waals surface area contributed by atoms with Crippen molar-refractivity contribution in [3.8, 4) is 5.75 Å². The molecule has 1 atom stereocenters. The van der Waals surface area contributed by atoms with Crippen molar-refractivity contribution in [2.24, 2.45) is 0 Å². The molecule has 0 saturated carbocycles. The number of carbonyl (C=O) groups is 2. The minimum atomic E-state index is -0.896. The molecule has 0 aromatic heterocycles. The number of benzene rings is 1. The summed E-state index contributed by atoms with van der Waals surface area (Å²) in [5, 5.41) is 8.44. The van der Waals surface area contributed by atoms with E-state index in [0.717, 1.165) is 11.8 Å². The molecule has 1 saturated heterocycles. The fraction of sp³-hybridized carbons (Fsp3) is 0.333. The van der Waals surface area contributed by atoms with Gasteiger partial charge >= 0.3 is 5.97 Å². The van der Waals surface area contributed by atoms with Crippen LogP contribution in [0.15, 0.2) is 24.3 Å². The van der Waals surface area contributed by atoms with Gasteiger partial charge < -0.3 is 14.7 Å². The van der Waals surface area contributed by atoms with E-state index in [-0.39, 0.29) is 18.2 Å². The third-order valence-electron chi connectivity index (χ3n) is 2.71.